The summed E-state index contributed by atoms with van der Waals surface area (Å²) in [5, 5.41) is 4.36. The van der Waals surface area contributed by atoms with Crippen LogP contribution in [0.3, 0.4) is 0 Å². The van der Waals surface area contributed by atoms with Crippen LogP contribution < -0.4 is 20.1 Å². The summed E-state index contributed by atoms with van der Waals surface area (Å²) in [5.74, 6) is -3.24. The monoisotopic (exact) mass is 710 g/mol. The van der Waals surface area contributed by atoms with Gasteiger partial charge < -0.3 is 20.1 Å². The molecular weight excluding hydrogens is 680 g/mol. The molecule has 0 radical (unpaired) electrons. The Labute approximate surface area is 280 Å². The molecule has 0 spiro atoms. The number of alkyl halides is 7. The summed E-state index contributed by atoms with van der Waals surface area (Å²) in [4.78, 5) is 30.8. The second-order valence-electron chi connectivity index (χ2n) is 11.7. The molecule has 8 nitrogen and oxygen atoms in total. The van der Waals surface area contributed by atoms with Crippen molar-refractivity contribution in [2.75, 3.05) is 19.7 Å². The first-order chi connectivity index (χ1) is 23.7. The quantitative estimate of drug-likeness (QED) is 0.124. The second kappa shape index (κ2) is 15.3. The van der Waals surface area contributed by atoms with Crippen molar-refractivity contribution in [3.63, 3.8) is 0 Å². The molecule has 2 atom stereocenters. The molecular formula is C34H30F8N4O4. The van der Waals surface area contributed by atoms with Crippen molar-refractivity contribution >= 4 is 23.2 Å². The number of aromatic nitrogens is 2. The molecule has 1 fully saturated rings. The zero-order chi connectivity index (χ0) is 36.2. The molecule has 0 saturated heterocycles. The Morgan fingerprint density at radius 2 is 1.78 bits per heavy atom. The first-order valence-corrected chi connectivity index (χ1v) is 15.4. The molecule has 1 aliphatic carbocycles. The van der Waals surface area contributed by atoms with Crippen LogP contribution in [-0.4, -0.2) is 60.7 Å². The summed E-state index contributed by atoms with van der Waals surface area (Å²) < 4.78 is 117. The standard InChI is InChI=1S/C31H25F6N3O3.C3H5F2NO/c1-15-14-42-28-22(15)11-24(40-27(28)16-2-4-20(32)5-3-16)23(31(35,36)37)13-39-30(41)18-8-17-9-19(29(33)34)12-38-26(17)25(10-18)43-21-6-7-21;4-3(5)1-6-2-7/h2-5,8-12,15,21,23,29H,6-7,13-14H2,1H3,(H,39,41);2-3H,1H2,(H,6,7). The van der Waals surface area contributed by atoms with E-state index >= 15 is 0 Å². The van der Waals surface area contributed by atoms with E-state index in [0.29, 0.717) is 16.9 Å². The first-order valence-electron chi connectivity index (χ1n) is 15.4. The summed E-state index contributed by atoms with van der Waals surface area (Å²) in [6, 6.07) is 10.3. The number of fused-ring (bicyclic) bond motifs is 2. The van der Waals surface area contributed by atoms with Gasteiger partial charge in [0, 0.05) is 46.3 Å². The summed E-state index contributed by atoms with van der Waals surface area (Å²) in [5.41, 5.74) is 0.582. The molecule has 2 N–H and O–H groups in total. The molecule has 1 saturated carbocycles. The first kappa shape index (κ1) is 36.3. The van der Waals surface area contributed by atoms with Gasteiger partial charge in [-0.1, -0.05) is 6.92 Å². The molecule has 0 bridgehead atoms. The van der Waals surface area contributed by atoms with Gasteiger partial charge in [0.2, 0.25) is 6.41 Å². The van der Waals surface area contributed by atoms with Crippen LogP contribution >= 0.6 is 0 Å². The molecule has 2 aromatic carbocycles. The highest BCUT2D eigenvalue weighted by Crippen LogP contribution is 2.44. The van der Waals surface area contributed by atoms with Gasteiger partial charge in [-0.2, -0.15) is 13.2 Å². The number of hydrogen-bond donors (Lipinski definition) is 2. The summed E-state index contributed by atoms with van der Waals surface area (Å²) in [6.07, 6.45) is -7.33. The Morgan fingerprint density at radius 3 is 2.38 bits per heavy atom. The fourth-order valence-electron chi connectivity index (χ4n) is 5.13. The van der Waals surface area contributed by atoms with E-state index in [1.165, 1.54) is 48.5 Å². The van der Waals surface area contributed by atoms with E-state index < -0.39 is 49.8 Å². The molecule has 266 valence electrons. The fourth-order valence-corrected chi connectivity index (χ4v) is 5.13. The average molecular weight is 711 g/mol. The number of ether oxygens (including phenoxy) is 2. The van der Waals surface area contributed by atoms with Gasteiger partial charge in [0.1, 0.15) is 34.4 Å². The molecule has 2 unspecified atom stereocenters. The van der Waals surface area contributed by atoms with E-state index in [0.717, 1.165) is 19.0 Å². The predicted octanol–water partition coefficient (Wildman–Crippen LogP) is 7.48. The molecule has 4 aromatic rings. The largest absolute Gasteiger partial charge is 0.490 e. The minimum Gasteiger partial charge on any atom is -0.490 e. The summed E-state index contributed by atoms with van der Waals surface area (Å²) in [6.45, 7) is 0.656. The van der Waals surface area contributed by atoms with Crippen LogP contribution in [0.5, 0.6) is 11.5 Å². The number of carbonyl (C=O) groups is 2. The lowest BCUT2D eigenvalue weighted by atomic mass is 9.95. The number of hydrogen-bond acceptors (Lipinski definition) is 6. The minimum atomic E-state index is -4.79. The van der Waals surface area contributed by atoms with Gasteiger partial charge in [0.05, 0.1) is 24.9 Å². The number of halogens is 8. The lowest BCUT2D eigenvalue weighted by molar-refractivity contribution is -0.149. The van der Waals surface area contributed by atoms with Crippen LogP contribution in [0.2, 0.25) is 0 Å². The number of amides is 2. The maximum Gasteiger partial charge on any atom is 0.398 e. The van der Waals surface area contributed by atoms with Crippen molar-refractivity contribution in [3.8, 4) is 22.8 Å². The van der Waals surface area contributed by atoms with Crippen LogP contribution in [-0.2, 0) is 4.79 Å². The lowest BCUT2D eigenvalue weighted by Crippen LogP contribution is -2.35. The molecule has 2 aromatic heterocycles. The topological polar surface area (TPSA) is 102 Å². The second-order valence-corrected chi connectivity index (χ2v) is 11.7. The highest BCUT2D eigenvalue weighted by atomic mass is 19.4. The summed E-state index contributed by atoms with van der Waals surface area (Å²) >= 11 is 0. The van der Waals surface area contributed by atoms with Gasteiger partial charge in [-0.25, -0.2) is 26.9 Å². The fraction of sp³-hybridized carbons (Fsp3) is 0.353. The molecule has 16 heteroatoms. The number of nitrogens with one attached hydrogen (secondary N) is 2. The van der Waals surface area contributed by atoms with E-state index in [9.17, 15) is 44.7 Å². The van der Waals surface area contributed by atoms with Crippen molar-refractivity contribution < 1.29 is 54.2 Å². The predicted molar refractivity (Wildman–Crippen MR) is 165 cm³/mol. The molecule has 2 aliphatic rings. The Balaban J connectivity index is 0.000000630. The number of carbonyl (C=O) groups excluding carboxylic acids is 2. The third-order valence-electron chi connectivity index (χ3n) is 7.82. The van der Waals surface area contributed by atoms with Crippen molar-refractivity contribution in [3.05, 3.63) is 82.9 Å². The average Bonchev–Trinajstić information content (AvgIpc) is 3.82. The smallest absolute Gasteiger partial charge is 0.398 e. The van der Waals surface area contributed by atoms with Crippen molar-refractivity contribution in [1.29, 1.82) is 0 Å². The van der Waals surface area contributed by atoms with Crippen LogP contribution in [0.4, 0.5) is 35.1 Å². The van der Waals surface area contributed by atoms with E-state index in [2.05, 4.69) is 15.3 Å². The Morgan fingerprint density at radius 1 is 1.06 bits per heavy atom. The van der Waals surface area contributed by atoms with Crippen LogP contribution in [0, 0.1) is 5.82 Å². The number of rotatable bonds is 11. The maximum absolute atomic E-state index is 14.5. The Hall–Kier alpha value is -5.02. The molecule has 3 heterocycles. The summed E-state index contributed by atoms with van der Waals surface area (Å²) in [7, 11) is 0. The molecule has 1 aliphatic heterocycles. The zero-order valence-corrected chi connectivity index (χ0v) is 26.2. The third-order valence-corrected chi connectivity index (χ3v) is 7.82. The van der Waals surface area contributed by atoms with Gasteiger partial charge in [-0.3, -0.25) is 14.6 Å². The highest BCUT2D eigenvalue weighted by Gasteiger charge is 2.43. The van der Waals surface area contributed by atoms with Crippen LogP contribution in [0.25, 0.3) is 22.2 Å². The lowest BCUT2D eigenvalue weighted by Gasteiger charge is -2.22. The molecule has 50 heavy (non-hydrogen) atoms. The van der Waals surface area contributed by atoms with Crippen molar-refractivity contribution in [2.45, 2.75) is 56.7 Å². The molecule has 2 amide bonds. The van der Waals surface area contributed by atoms with Crippen LogP contribution in [0.15, 0.2) is 54.7 Å². The molecule has 6 rings (SSSR count). The van der Waals surface area contributed by atoms with Gasteiger partial charge in [-0.15, -0.1) is 0 Å². The van der Waals surface area contributed by atoms with E-state index in [1.807, 2.05) is 12.2 Å². The van der Waals surface area contributed by atoms with E-state index in [1.54, 1.807) is 0 Å². The number of pyridine rings is 2. The van der Waals surface area contributed by atoms with Crippen LogP contribution in [0.1, 0.15) is 65.2 Å². The Kier molecular flexibility index (Phi) is 11.1. The van der Waals surface area contributed by atoms with Gasteiger partial charge in [0.25, 0.3) is 18.8 Å². The van der Waals surface area contributed by atoms with E-state index in [-0.39, 0.29) is 64.2 Å². The minimum absolute atomic E-state index is 0.0618. The number of benzene rings is 2. The van der Waals surface area contributed by atoms with Crippen molar-refractivity contribution in [2.24, 2.45) is 0 Å². The zero-order valence-electron chi connectivity index (χ0n) is 26.2. The third kappa shape index (κ3) is 8.76. The Bertz CT molecular complexity index is 1840. The van der Waals surface area contributed by atoms with Gasteiger partial charge >= 0.3 is 6.18 Å². The van der Waals surface area contributed by atoms with Crippen molar-refractivity contribution in [1.82, 2.24) is 20.6 Å². The highest BCUT2D eigenvalue weighted by molar-refractivity contribution is 6.00. The van der Waals surface area contributed by atoms with Gasteiger partial charge in [0.15, 0.2) is 0 Å². The normalized spacial score (nSPS) is 15.9. The van der Waals surface area contributed by atoms with Gasteiger partial charge in [-0.05, 0) is 61.4 Å². The SMILES string of the molecule is CC1COc2c1cc(C(CNC(=O)c1cc(OC3CC3)c3ncc(C(F)F)cc3c1)C(F)(F)F)nc2-c1ccc(F)cc1.O=CNCC(F)F. The maximum atomic E-state index is 14.5. The van der Waals surface area contributed by atoms with E-state index in [4.69, 9.17) is 9.47 Å². The number of nitrogens with zero attached hydrogens (tertiary/aromatic N) is 2.